The van der Waals surface area contributed by atoms with Crippen molar-refractivity contribution in [2.24, 2.45) is 11.7 Å². The number of hydrogen-bond acceptors (Lipinski definition) is 2. The minimum absolute atomic E-state index is 0. The van der Waals surface area contributed by atoms with Gasteiger partial charge in [0.25, 0.3) is 0 Å². The predicted molar refractivity (Wildman–Crippen MR) is 72.6 cm³/mol. The molecule has 3 N–H and O–H groups in total. The zero-order chi connectivity index (χ0) is 11.5. The van der Waals surface area contributed by atoms with E-state index in [1.807, 2.05) is 0 Å². The molecule has 17 heavy (non-hydrogen) atoms. The first-order valence-corrected chi connectivity index (χ1v) is 5.86. The average molecular weight is 275 g/mol. The highest BCUT2D eigenvalue weighted by Crippen LogP contribution is 2.25. The van der Waals surface area contributed by atoms with Crippen molar-refractivity contribution in [3.8, 4) is 0 Å². The van der Waals surface area contributed by atoms with Crippen molar-refractivity contribution in [2.75, 3.05) is 5.32 Å². The van der Waals surface area contributed by atoms with Crippen molar-refractivity contribution >= 4 is 35.6 Å². The smallest absolute Gasteiger partial charge is 0.229 e. The standard InChI is InChI=1S/C12H15ClN2O.ClH/c13-8-4-6-9(7-5-8)15-12(16)10-2-1-3-11(10)14;/h4-7,10-11H,1-3,14H2,(H,15,16);1H. The Morgan fingerprint density at radius 1 is 1.29 bits per heavy atom. The van der Waals surface area contributed by atoms with Crippen LogP contribution >= 0.6 is 24.0 Å². The van der Waals surface area contributed by atoms with E-state index >= 15 is 0 Å². The molecule has 2 rings (SSSR count). The summed E-state index contributed by atoms with van der Waals surface area (Å²) >= 11 is 5.77. The summed E-state index contributed by atoms with van der Waals surface area (Å²) in [6.07, 6.45) is 2.87. The maximum atomic E-state index is 11.9. The van der Waals surface area contributed by atoms with Crippen molar-refractivity contribution in [1.82, 2.24) is 0 Å². The van der Waals surface area contributed by atoms with Crippen molar-refractivity contribution < 1.29 is 4.79 Å². The zero-order valence-corrected chi connectivity index (χ0v) is 10.9. The van der Waals surface area contributed by atoms with Crippen LogP contribution in [0.4, 0.5) is 5.69 Å². The number of amides is 1. The van der Waals surface area contributed by atoms with Crippen LogP contribution in [-0.2, 0) is 4.79 Å². The van der Waals surface area contributed by atoms with Gasteiger partial charge in [0.2, 0.25) is 5.91 Å². The number of anilines is 1. The first-order valence-electron chi connectivity index (χ1n) is 5.49. The highest BCUT2D eigenvalue weighted by Gasteiger charge is 2.30. The summed E-state index contributed by atoms with van der Waals surface area (Å²) in [4.78, 5) is 11.9. The van der Waals surface area contributed by atoms with Gasteiger partial charge in [-0.05, 0) is 37.1 Å². The predicted octanol–water partition coefficient (Wildman–Crippen LogP) is 2.83. The Labute approximate surface area is 112 Å². The third-order valence-electron chi connectivity index (χ3n) is 3.02. The lowest BCUT2D eigenvalue weighted by Crippen LogP contribution is -2.34. The third-order valence-corrected chi connectivity index (χ3v) is 3.27. The quantitative estimate of drug-likeness (QED) is 0.872. The third kappa shape index (κ3) is 3.60. The Morgan fingerprint density at radius 2 is 1.94 bits per heavy atom. The van der Waals surface area contributed by atoms with E-state index in [1.165, 1.54) is 0 Å². The number of hydrogen-bond donors (Lipinski definition) is 2. The minimum atomic E-state index is -0.0457. The number of benzene rings is 1. The first-order chi connectivity index (χ1) is 7.66. The molecular weight excluding hydrogens is 259 g/mol. The molecule has 0 aromatic heterocycles. The molecule has 0 saturated heterocycles. The van der Waals surface area contributed by atoms with Gasteiger partial charge in [-0.2, -0.15) is 0 Å². The molecule has 0 spiro atoms. The SMILES string of the molecule is Cl.NC1CCCC1C(=O)Nc1ccc(Cl)cc1. The van der Waals surface area contributed by atoms with E-state index in [0.29, 0.717) is 5.02 Å². The second-order valence-electron chi connectivity index (χ2n) is 4.20. The maximum absolute atomic E-state index is 11.9. The average Bonchev–Trinajstić information content (AvgIpc) is 2.68. The Kier molecular flexibility index (Phi) is 5.25. The molecule has 0 heterocycles. The van der Waals surface area contributed by atoms with Gasteiger partial charge in [-0.15, -0.1) is 12.4 Å². The lowest BCUT2D eigenvalue weighted by atomic mass is 10.0. The van der Waals surface area contributed by atoms with Gasteiger partial charge in [0, 0.05) is 16.8 Å². The van der Waals surface area contributed by atoms with Gasteiger partial charge in [-0.3, -0.25) is 4.79 Å². The van der Waals surface area contributed by atoms with Gasteiger partial charge in [0.1, 0.15) is 0 Å². The second-order valence-corrected chi connectivity index (χ2v) is 4.63. The minimum Gasteiger partial charge on any atom is -0.327 e. The van der Waals surface area contributed by atoms with E-state index < -0.39 is 0 Å². The first kappa shape index (κ1) is 14.3. The fourth-order valence-electron chi connectivity index (χ4n) is 2.08. The van der Waals surface area contributed by atoms with Gasteiger partial charge in [-0.1, -0.05) is 18.0 Å². The Morgan fingerprint density at radius 3 is 2.47 bits per heavy atom. The monoisotopic (exact) mass is 274 g/mol. The molecule has 2 unspecified atom stereocenters. The molecule has 1 amide bonds. The molecule has 5 heteroatoms. The maximum Gasteiger partial charge on any atom is 0.229 e. The fourth-order valence-corrected chi connectivity index (χ4v) is 2.21. The van der Waals surface area contributed by atoms with Gasteiger partial charge < -0.3 is 11.1 Å². The number of nitrogens with one attached hydrogen (secondary N) is 1. The van der Waals surface area contributed by atoms with Crippen molar-refractivity contribution in [1.29, 1.82) is 0 Å². The summed E-state index contributed by atoms with van der Waals surface area (Å²) in [7, 11) is 0. The summed E-state index contributed by atoms with van der Waals surface area (Å²) in [5.74, 6) is -0.0250. The Balaban J connectivity index is 0.00000144. The molecule has 1 aromatic rings. The molecule has 2 atom stereocenters. The van der Waals surface area contributed by atoms with Gasteiger partial charge >= 0.3 is 0 Å². The van der Waals surface area contributed by atoms with Crippen molar-refractivity contribution in [3.63, 3.8) is 0 Å². The van der Waals surface area contributed by atoms with Crippen LogP contribution in [0, 0.1) is 5.92 Å². The summed E-state index contributed by atoms with van der Waals surface area (Å²) in [5.41, 5.74) is 6.65. The summed E-state index contributed by atoms with van der Waals surface area (Å²) in [6, 6.07) is 7.10. The normalized spacial score (nSPS) is 22.9. The molecule has 1 aliphatic carbocycles. The lowest BCUT2D eigenvalue weighted by Gasteiger charge is -2.15. The number of carbonyl (C=O) groups is 1. The Bertz CT molecular complexity index is 381. The van der Waals surface area contributed by atoms with Crippen LogP contribution in [0.15, 0.2) is 24.3 Å². The van der Waals surface area contributed by atoms with Gasteiger partial charge in [-0.25, -0.2) is 0 Å². The van der Waals surface area contributed by atoms with E-state index in [4.69, 9.17) is 17.3 Å². The molecule has 1 aliphatic rings. The van der Waals surface area contributed by atoms with E-state index in [0.717, 1.165) is 24.9 Å². The molecule has 3 nitrogen and oxygen atoms in total. The Hall–Kier alpha value is -0.770. The zero-order valence-electron chi connectivity index (χ0n) is 9.36. The molecule has 0 aliphatic heterocycles. The van der Waals surface area contributed by atoms with Crippen molar-refractivity contribution in [3.05, 3.63) is 29.3 Å². The van der Waals surface area contributed by atoms with E-state index in [2.05, 4.69) is 5.32 Å². The molecule has 1 fully saturated rings. The molecule has 0 radical (unpaired) electrons. The second kappa shape index (κ2) is 6.24. The molecule has 1 aromatic carbocycles. The van der Waals surface area contributed by atoms with Crippen LogP contribution in [0.5, 0.6) is 0 Å². The van der Waals surface area contributed by atoms with Gasteiger partial charge in [0.15, 0.2) is 0 Å². The fraction of sp³-hybridized carbons (Fsp3) is 0.417. The van der Waals surface area contributed by atoms with Crippen molar-refractivity contribution in [2.45, 2.75) is 25.3 Å². The van der Waals surface area contributed by atoms with E-state index in [1.54, 1.807) is 24.3 Å². The van der Waals surface area contributed by atoms with Gasteiger partial charge in [0.05, 0.1) is 5.92 Å². The lowest BCUT2D eigenvalue weighted by molar-refractivity contribution is -0.120. The summed E-state index contributed by atoms with van der Waals surface area (Å²) in [5, 5.41) is 3.53. The summed E-state index contributed by atoms with van der Waals surface area (Å²) < 4.78 is 0. The highest BCUT2D eigenvalue weighted by molar-refractivity contribution is 6.30. The van der Waals surface area contributed by atoms with Crippen LogP contribution in [0.3, 0.4) is 0 Å². The molecule has 94 valence electrons. The number of nitrogens with two attached hydrogens (primary N) is 1. The van der Waals surface area contributed by atoms with Crippen LogP contribution in [0.1, 0.15) is 19.3 Å². The molecule has 0 bridgehead atoms. The molecular formula is C12H16Cl2N2O. The van der Waals surface area contributed by atoms with Crippen LogP contribution < -0.4 is 11.1 Å². The van der Waals surface area contributed by atoms with E-state index in [-0.39, 0.29) is 30.3 Å². The molecule has 1 saturated carbocycles. The largest absolute Gasteiger partial charge is 0.327 e. The van der Waals surface area contributed by atoms with E-state index in [9.17, 15) is 4.79 Å². The number of halogens is 2. The van der Waals surface area contributed by atoms with Crippen LogP contribution in [0.25, 0.3) is 0 Å². The number of rotatable bonds is 2. The highest BCUT2D eigenvalue weighted by atomic mass is 35.5. The summed E-state index contributed by atoms with van der Waals surface area (Å²) in [6.45, 7) is 0. The van der Waals surface area contributed by atoms with Crippen LogP contribution in [-0.4, -0.2) is 11.9 Å². The number of carbonyl (C=O) groups excluding carboxylic acids is 1. The van der Waals surface area contributed by atoms with Crippen LogP contribution in [0.2, 0.25) is 5.02 Å². The topological polar surface area (TPSA) is 55.1 Å².